The van der Waals surface area contributed by atoms with Gasteiger partial charge in [-0.25, -0.2) is 4.98 Å². The fourth-order valence-corrected chi connectivity index (χ4v) is 3.03. The van der Waals surface area contributed by atoms with Crippen LogP contribution in [0.15, 0.2) is 48.1 Å². The Labute approximate surface area is 149 Å². The lowest BCUT2D eigenvalue weighted by Crippen LogP contribution is -2.23. The number of amides is 1. The quantitative estimate of drug-likeness (QED) is 0.735. The second-order valence-corrected chi connectivity index (χ2v) is 6.03. The minimum atomic E-state index is -0.215. The highest BCUT2D eigenvalue weighted by Crippen LogP contribution is 2.24. The summed E-state index contributed by atoms with van der Waals surface area (Å²) in [6, 6.07) is 8.88. The molecule has 1 aromatic carbocycles. The first-order valence-electron chi connectivity index (χ1n) is 7.55. The van der Waals surface area contributed by atoms with Gasteiger partial charge in [-0.15, -0.1) is 11.3 Å². The second kappa shape index (κ2) is 7.76. The zero-order valence-corrected chi connectivity index (χ0v) is 14.7. The van der Waals surface area contributed by atoms with E-state index in [4.69, 9.17) is 9.47 Å². The molecule has 25 heavy (non-hydrogen) atoms. The van der Waals surface area contributed by atoms with Crippen LogP contribution in [0.3, 0.4) is 0 Å². The number of pyridine rings is 1. The average molecular weight is 355 g/mol. The van der Waals surface area contributed by atoms with Crippen LogP contribution in [0.2, 0.25) is 0 Å². The molecule has 0 fully saturated rings. The van der Waals surface area contributed by atoms with E-state index in [2.05, 4.69) is 15.3 Å². The molecule has 2 heterocycles. The topological polar surface area (TPSA) is 73.3 Å². The molecule has 2 aromatic heterocycles. The van der Waals surface area contributed by atoms with Crippen molar-refractivity contribution in [3.8, 4) is 22.1 Å². The molecule has 6 nitrogen and oxygen atoms in total. The van der Waals surface area contributed by atoms with Gasteiger partial charge in [0.1, 0.15) is 16.5 Å². The van der Waals surface area contributed by atoms with Crippen molar-refractivity contribution < 1.29 is 14.3 Å². The largest absolute Gasteiger partial charge is 0.497 e. The van der Waals surface area contributed by atoms with Crippen molar-refractivity contribution in [1.29, 1.82) is 0 Å². The highest BCUT2D eigenvalue weighted by molar-refractivity contribution is 7.13. The molecule has 0 bridgehead atoms. The van der Waals surface area contributed by atoms with Gasteiger partial charge in [0.05, 0.1) is 26.5 Å². The van der Waals surface area contributed by atoms with E-state index >= 15 is 0 Å². The lowest BCUT2D eigenvalue weighted by Gasteiger charge is -2.08. The zero-order chi connectivity index (χ0) is 17.6. The Hall–Kier alpha value is -2.93. The van der Waals surface area contributed by atoms with Crippen LogP contribution in [0, 0.1) is 0 Å². The lowest BCUT2D eigenvalue weighted by molar-refractivity contribution is 0.0949. The minimum Gasteiger partial charge on any atom is -0.497 e. The number of ether oxygens (including phenoxy) is 2. The number of benzene rings is 1. The number of hydrogen-bond donors (Lipinski definition) is 1. The zero-order valence-electron chi connectivity index (χ0n) is 13.9. The van der Waals surface area contributed by atoms with Gasteiger partial charge < -0.3 is 14.8 Å². The Bertz CT molecular complexity index is 843. The van der Waals surface area contributed by atoms with Crippen molar-refractivity contribution in [3.05, 3.63) is 59.4 Å². The number of nitrogens with zero attached hydrogens (tertiary/aromatic N) is 2. The fraction of sp³-hybridized carbons (Fsp3) is 0.167. The van der Waals surface area contributed by atoms with Gasteiger partial charge in [0, 0.05) is 35.0 Å². The molecule has 3 rings (SSSR count). The van der Waals surface area contributed by atoms with Crippen LogP contribution in [-0.2, 0) is 6.54 Å². The Morgan fingerprint density at radius 1 is 1.20 bits per heavy atom. The van der Waals surface area contributed by atoms with Crippen LogP contribution in [0.5, 0.6) is 11.5 Å². The van der Waals surface area contributed by atoms with Crippen LogP contribution in [0.4, 0.5) is 0 Å². The molecule has 0 saturated carbocycles. The molecule has 0 spiro atoms. The minimum absolute atomic E-state index is 0.215. The molecule has 0 atom stereocenters. The van der Waals surface area contributed by atoms with Gasteiger partial charge in [0.15, 0.2) is 0 Å². The first-order valence-corrected chi connectivity index (χ1v) is 8.43. The highest BCUT2D eigenvalue weighted by Gasteiger charge is 2.11. The van der Waals surface area contributed by atoms with E-state index in [1.807, 2.05) is 17.5 Å². The summed E-state index contributed by atoms with van der Waals surface area (Å²) in [6.45, 7) is 0.342. The van der Waals surface area contributed by atoms with Gasteiger partial charge in [-0.05, 0) is 24.3 Å². The number of methoxy groups -OCH3 is 2. The van der Waals surface area contributed by atoms with Crippen molar-refractivity contribution in [2.75, 3.05) is 14.2 Å². The molecule has 0 unspecified atom stereocenters. The monoisotopic (exact) mass is 355 g/mol. The number of thiazole rings is 1. The summed E-state index contributed by atoms with van der Waals surface area (Å²) < 4.78 is 10.4. The second-order valence-electron chi connectivity index (χ2n) is 5.17. The fourth-order valence-electron chi connectivity index (χ4n) is 2.22. The molecular weight excluding hydrogens is 338 g/mol. The standard InChI is InChI=1S/C18H17N3O3S/c1-23-15-6-13(7-16(8-15)24-2)17(22)20-10-14-11-25-18(21-14)12-4-3-5-19-9-12/h3-9,11H,10H2,1-2H3,(H,20,22). The maximum absolute atomic E-state index is 12.4. The smallest absolute Gasteiger partial charge is 0.251 e. The molecular formula is C18H17N3O3S. The third kappa shape index (κ3) is 4.13. The third-order valence-electron chi connectivity index (χ3n) is 3.50. The SMILES string of the molecule is COc1cc(OC)cc(C(=O)NCc2csc(-c3cccnc3)n2)c1. The van der Waals surface area contributed by atoms with Gasteiger partial charge in [0.2, 0.25) is 0 Å². The van der Waals surface area contributed by atoms with E-state index in [9.17, 15) is 4.79 Å². The molecule has 0 aliphatic carbocycles. The maximum Gasteiger partial charge on any atom is 0.251 e. The number of carbonyl (C=O) groups excluding carboxylic acids is 1. The van der Waals surface area contributed by atoms with E-state index in [0.29, 0.717) is 23.6 Å². The van der Waals surface area contributed by atoms with Crippen LogP contribution in [0.1, 0.15) is 16.1 Å². The number of hydrogen-bond acceptors (Lipinski definition) is 6. The van der Waals surface area contributed by atoms with Crippen molar-refractivity contribution in [3.63, 3.8) is 0 Å². The number of aromatic nitrogens is 2. The summed E-state index contributed by atoms with van der Waals surface area (Å²) in [6.07, 6.45) is 3.49. The van der Waals surface area contributed by atoms with Gasteiger partial charge in [-0.2, -0.15) is 0 Å². The summed E-state index contributed by atoms with van der Waals surface area (Å²) in [5, 5.41) is 5.66. The molecule has 0 saturated heterocycles. The Kier molecular flexibility index (Phi) is 5.25. The predicted molar refractivity (Wildman–Crippen MR) is 96.1 cm³/mol. The Morgan fingerprint density at radius 2 is 1.96 bits per heavy atom. The number of nitrogens with one attached hydrogen (secondary N) is 1. The normalized spacial score (nSPS) is 10.3. The first-order chi connectivity index (χ1) is 12.2. The summed E-state index contributed by atoms with van der Waals surface area (Å²) in [4.78, 5) is 21.0. The van der Waals surface area contributed by atoms with Gasteiger partial charge in [-0.3, -0.25) is 9.78 Å². The Balaban J connectivity index is 1.68. The van der Waals surface area contributed by atoms with Crippen molar-refractivity contribution in [1.82, 2.24) is 15.3 Å². The van der Waals surface area contributed by atoms with Crippen LogP contribution >= 0.6 is 11.3 Å². The van der Waals surface area contributed by atoms with E-state index in [1.54, 1.807) is 44.8 Å². The van der Waals surface area contributed by atoms with Gasteiger partial charge in [-0.1, -0.05) is 0 Å². The summed E-state index contributed by atoms with van der Waals surface area (Å²) in [7, 11) is 3.09. The number of carbonyl (C=O) groups is 1. The van der Waals surface area contributed by atoms with E-state index in [0.717, 1.165) is 16.3 Å². The van der Waals surface area contributed by atoms with Gasteiger partial charge >= 0.3 is 0 Å². The molecule has 128 valence electrons. The third-order valence-corrected chi connectivity index (χ3v) is 4.44. The highest BCUT2D eigenvalue weighted by atomic mass is 32.1. The predicted octanol–water partition coefficient (Wildman–Crippen LogP) is 3.15. The summed E-state index contributed by atoms with van der Waals surface area (Å²) >= 11 is 1.52. The average Bonchev–Trinajstić information content (AvgIpc) is 3.15. The van der Waals surface area contributed by atoms with Crippen molar-refractivity contribution in [2.24, 2.45) is 0 Å². The molecule has 3 aromatic rings. The van der Waals surface area contributed by atoms with E-state index in [-0.39, 0.29) is 5.91 Å². The number of rotatable bonds is 6. The van der Waals surface area contributed by atoms with Crippen LogP contribution in [-0.4, -0.2) is 30.1 Å². The molecule has 0 radical (unpaired) electrons. The molecule has 7 heteroatoms. The van der Waals surface area contributed by atoms with Crippen molar-refractivity contribution >= 4 is 17.2 Å². The van der Waals surface area contributed by atoms with Crippen LogP contribution < -0.4 is 14.8 Å². The summed E-state index contributed by atoms with van der Waals surface area (Å²) in [5.41, 5.74) is 2.23. The van der Waals surface area contributed by atoms with Crippen LogP contribution in [0.25, 0.3) is 10.6 Å². The van der Waals surface area contributed by atoms with Gasteiger partial charge in [0.25, 0.3) is 5.91 Å². The lowest BCUT2D eigenvalue weighted by atomic mass is 10.2. The molecule has 1 amide bonds. The molecule has 0 aliphatic heterocycles. The van der Waals surface area contributed by atoms with Crippen molar-refractivity contribution in [2.45, 2.75) is 6.54 Å². The first kappa shape index (κ1) is 16.9. The molecule has 0 aliphatic rings. The van der Waals surface area contributed by atoms with E-state index in [1.165, 1.54) is 11.3 Å². The summed E-state index contributed by atoms with van der Waals surface area (Å²) in [5.74, 6) is 0.919. The molecule has 1 N–H and O–H groups in total. The maximum atomic E-state index is 12.4. The Morgan fingerprint density at radius 3 is 2.60 bits per heavy atom. The van der Waals surface area contributed by atoms with E-state index < -0.39 is 0 Å².